The number of ether oxygens (including phenoxy) is 1. The number of likely N-dealkylation sites (N-methyl/N-ethyl adjacent to an activating group) is 1. The monoisotopic (exact) mass is 243 g/mol. The quantitative estimate of drug-likeness (QED) is 0.827. The summed E-state index contributed by atoms with van der Waals surface area (Å²) >= 11 is 0. The lowest BCUT2D eigenvalue weighted by molar-refractivity contribution is -0.115. The molecule has 0 spiro atoms. The number of rotatable bonds is 4. The summed E-state index contributed by atoms with van der Waals surface area (Å²) in [6.07, 6.45) is 0. The number of methoxy groups -OCH3 is 1. The molecule has 3 heteroatoms. The predicted octanol–water partition coefficient (Wildman–Crippen LogP) is 2.87. The summed E-state index contributed by atoms with van der Waals surface area (Å²) in [5, 5.41) is 2.28. The van der Waals surface area contributed by atoms with E-state index in [1.165, 1.54) is 0 Å². The van der Waals surface area contributed by atoms with E-state index in [0.29, 0.717) is 6.54 Å². The first-order valence-electron chi connectivity index (χ1n) is 5.88. The summed E-state index contributed by atoms with van der Waals surface area (Å²) in [5.74, 6) is 1.01. The minimum absolute atomic E-state index is 0.160. The fourth-order valence-corrected chi connectivity index (χ4v) is 2.00. The molecule has 0 aliphatic carbocycles. The molecule has 3 nitrogen and oxygen atoms in total. The average Bonchev–Trinajstić information content (AvgIpc) is 2.36. The van der Waals surface area contributed by atoms with Crippen molar-refractivity contribution in [3.8, 4) is 5.75 Å². The van der Waals surface area contributed by atoms with Gasteiger partial charge in [-0.3, -0.25) is 4.79 Å². The molecule has 0 aliphatic rings. The van der Waals surface area contributed by atoms with Gasteiger partial charge in [-0.25, -0.2) is 0 Å². The predicted molar refractivity (Wildman–Crippen MR) is 74.5 cm³/mol. The third-order valence-electron chi connectivity index (χ3n) is 2.93. The lowest BCUT2D eigenvalue weighted by atomic mass is 10.1. The zero-order chi connectivity index (χ0) is 13.1. The first-order chi connectivity index (χ1) is 8.60. The Labute approximate surface area is 107 Å². The lowest BCUT2D eigenvalue weighted by Gasteiger charge is -2.18. The van der Waals surface area contributed by atoms with Gasteiger partial charge in [-0.2, -0.15) is 0 Å². The Kier molecular flexibility index (Phi) is 3.51. The molecule has 18 heavy (non-hydrogen) atoms. The van der Waals surface area contributed by atoms with E-state index in [-0.39, 0.29) is 5.78 Å². The maximum atomic E-state index is 11.1. The van der Waals surface area contributed by atoms with E-state index in [1.54, 1.807) is 14.0 Å². The second-order valence-electron chi connectivity index (χ2n) is 4.46. The Morgan fingerprint density at radius 3 is 2.50 bits per heavy atom. The van der Waals surface area contributed by atoms with Crippen molar-refractivity contribution in [2.45, 2.75) is 6.92 Å². The maximum Gasteiger partial charge on any atom is 0.149 e. The van der Waals surface area contributed by atoms with Crippen molar-refractivity contribution >= 4 is 22.2 Å². The summed E-state index contributed by atoms with van der Waals surface area (Å²) < 4.78 is 5.20. The third kappa shape index (κ3) is 2.62. The Hall–Kier alpha value is -2.03. The molecule has 0 unspecified atom stereocenters. The summed E-state index contributed by atoms with van der Waals surface area (Å²) in [6, 6.07) is 12.1. The molecule has 0 aliphatic heterocycles. The SMILES string of the molecule is COc1ccc2cc(N(C)CC(C)=O)ccc2c1. The fourth-order valence-electron chi connectivity index (χ4n) is 2.00. The number of anilines is 1. The van der Waals surface area contributed by atoms with Crippen LogP contribution in [-0.2, 0) is 4.79 Å². The highest BCUT2D eigenvalue weighted by Gasteiger charge is 2.05. The van der Waals surface area contributed by atoms with Gasteiger partial charge in [0.05, 0.1) is 13.7 Å². The van der Waals surface area contributed by atoms with Gasteiger partial charge in [0.2, 0.25) is 0 Å². The molecule has 0 bridgehead atoms. The highest BCUT2D eigenvalue weighted by Crippen LogP contribution is 2.25. The van der Waals surface area contributed by atoms with Gasteiger partial charge in [-0.1, -0.05) is 12.1 Å². The maximum absolute atomic E-state index is 11.1. The summed E-state index contributed by atoms with van der Waals surface area (Å²) in [7, 11) is 3.59. The first-order valence-corrected chi connectivity index (χ1v) is 5.88. The smallest absolute Gasteiger partial charge is 0.149 e. The van der Waals surface area contributed by atoms with Crippen molar-refractivity contribution in [3.05, 3.63) is 36.4 Å². The van der Waals surface area contributed by atoms with E-state index in [9.17, 15) is 4.79 Å². The molecule has 2 aromatic rings. The third-order valence-corrected chi connectivity index (χ3v) is 2.93. The Morgan fingerprint density at radius 1 is 1.17 bits per heavy atom. The zero-order valence-corrected chi connectivity index (χ0v) is 10.9. The molecule has 0 heterocycles. The number of hydrogen-bond donors (Lipinski definition) is 0. The number of hydrogen-bond acceptors (Lipinski definition) is 3. The summed E-state index contributed by atoms with van der Waals surface area (Å²) in [6.45, 7) is 2.03. The first kappa shape index (κ1) is 12.4. The number of Topliss-reactive ketones (excluding diaryl/α,β-unsaturated/α-hetero) is 1. The molecule has 0 aromatic heterocycles. The normalized spacial score (nSPS) is 10.4. The number of fused-ring (bicyclic) bond motifs is 1. The Morgan fingerprint density at radius 2 is 1.83 bits per heavy atom. The van der Waals surface area contributed by atoms with Crippen LogP contribution in [0.2, 0.25) is 0 Å². The summed E-state index contributed by atoms with van der Waals surface area (Å²) in [5.41, 5.74) is 1.04. The molecule has 0 fully saturated rings. The van der Waals surface area contributed by atoms with E-state index in [1.807, 2.05) is 42.3 Å². The van der Waals surface area contributed by atoms with E-state index < -0.39 is 0 Å². The van der Waals surface area contributed by atoms with E-state index in [2.05, 4.69) is 6.07 Å². The molecule has 94 valence electrons. The molecule has 2 rings (SSSR count). The largest absolute Gasteiger partial charge is 0.497 e. The van der Waals surface area contributed by atoms with Crippen LogP contribution in [-0.4, -0.2) is 26.5 Å². The van der Waals surface area contributed by atoms with Crippen LogP contribution in [0.3, 0.4) is 0 Å². The van der Waals surface area contributed by atoms with Gasteiger partial charge in [0.15, 0.2) is 0 Å². The molecular formula is C15H17NO2. The van der Waals surface area contributed by atoms with Crippen molar-refractivity contribution in [2.75, 3.05) is 25.6 Å². The highest BCUT2D eigenvalue weighted by molar-refractivity contribution is 5.88. The van der Waals surface area contributed by atoms with Crippen molar-refractivity contribution in [2.24, 2.45) is 0 Å². The van der Waals surface area contributed by atoms with Crippen molar-refractivity contribution < 1.29 is 9.53 Å². The van der Waals surface area contributed by atoms with Crippen LogP contribution in [0.5, 0.6) is 5.75 Å². The second-order valence-corrected chi connectivity index (χ2v) is 4.46. The second kappa shape index (κ2) is 5.08. The number of carbonyl (C=O) groups excluding carboxylic acids is 1. The van der Waals surface area contributed by atoms with Crippen LogP contribution in [0.4, 0.5) is 5.69 Å². The van der Waals surface area contributed by atoms with Gasteiger partial charge in [0, 0.05) is 12.7 Å². The van der Waals surface area contributed by atoms with Gasteiger partial charge in [0.1, 0.15) is 11.5 Å². The van der Waals surface area contributed by atoms with Gasteiger partial charge in [-0.05, 0) is 42.0 Å². The van der Waals surface area contributed by atoms with Crippen molar-refractivity contribution in [3.63, 3.8) is 0 Å². The topological polar surface area (TPSA) is 29.5 Å². The van der Waals surface area contributed by atoms with E-state index in [4.69, 9.17) is 4.74 Å². The van der Waals surface area contributed by atoms with E-state index in [0.717, 1.165) is 22.2 Å². The van der Waals surface area contributed by atoms with Crippen LogP contribution in [0.15, 0.2) is 36.4 Å². The number of carbonyl (C=O) groups is 1. The average molecular weight is 243 g/mol. The molecule has 0 amide bonds. The molecule has 0 saturated heterocycles. The Bertz CT molecular complexity index is 578. The molecule has 0 atom stereocenters. The molecule has 0 radical (unpaired) electrons. The van der Waals surface area contributed by atoms with Crippen molar-refractivity contribution in [1.82, 2.24) is 0 Å². The lowest BCUT2D eigenvalue weighted by Crippen LogP contribution is -2.23. The Balaban J connectivity index is 2.35. The zero-order valence-electron chi connectivity index (χ0n) is 10.9. The van der Waals surface area contributed by atoms with Crippen LogP contribution >= 0.6 is 0 Å². The van der Waals surface area contributed by atoms with Crippen LogP contribution in [0.1, 0.15) is 6.92 Å². The standard InChI is InChI=1S/C15H17NO2/c1-11(17)10-16(2)14-6-4-13-9-15(18-3)7-5-12(13)8-14/h4-9H,10H2,1-3H3. The minimum atomic E-state index is 0.160. The van der Waals surface area contributed by atoms with Crippen LogP contribution < -0.4 is 9.64 Å². The number of benzene rings is 2. The molecular weight excluding hydrogens is 226 g/mol. The number of ketones is 1. The fraction of sp³-hybridized carbons (Fsp3) is 0.267. The van der Waals surface area contributed by atoms with E-state index >= 15 is 0 Å². The van der Waals surface area contributed by atoms with Gasteiger partial charge < -0.3 is 9.64 Å². The van der Waals surface area contributed by atoms with Gasteiger partial charge in [0.25, 0.3) is 0 Å². The minimum Gasteiger partial charge on any atom is -0.497 e. The molecule has 0 saturated carbocycles. The van der Waals surface area contributed by atoms with Gasteiger partial charge >= 0.3 is 0 Å². The summed E-state index contributed by atoms with van der Waals surface area (Å²) in [4.78, 5) is 13.1. The molecule has 2 aromatic carbocycles. The van der Waals surface area contributed by atoms with Crippen LogP contribution in [0.25, 0.3) is 10.8 Å². The molecule has 0 N–H and O–H groups in total. The number of nitrogens with zero attached hydrogens (tertiary/aromatic N) is 1. The highest BCUT2D eigenvalue weighted by atomic mass is 16.5. The van der Waals surface area contributed by atoms with Crippen LogP contribution in [0, 0.1) is 0 Å². The van der Waals surface area contributed by atoms with Gasteiger partial charge in [-0.15, -0.1) is 0 Å². The van der Waals surface area contributed by atoms with Crippen molar-refractivity contribution in [1.29, 1.82) is 0 Å².